The van der Waals surface area contributed by atoms with Crippen LogP contribution in [0.2, 0.25) is 5.02 Å². The molecule has 3 aromatic rings. The predicted molar refractivity (Wildman–Crippen MR) is 93.5 cm³/mol. The summed E-state index contributed by atoms with van der Waals surface area (Å²) in [6.45, 7) is 3.97. The van der Waals surface area contributed by atoms with Crippen LogP contribution in [0.15, 0.2) is 17.5 Å². The number of aryl methyl sites for hydroxylation is 3. The second-order valence-electron chi connectivity index (χ2n) is 5.73. The van der Waals surface area contributed by atoms with Gasteiger partial charge in [0.15, 0.2) is 5.69 Å². The lowest BCUT2D eigenvalue weighted by Gasteiger charge is -2.11. The molecule has 0 amide bonds. The van der Waals surface area contributed by atoms with Gasteiger partial charge in [0.05, 0.1) is 10.7 Å². The molecule has 0 atom stereocenters. The molecule has 0 N–H and O–H groups in total. The van der Waals surface area contributed by atoms with Crippen LogP contribution in [0.4, 0.5) is 13.2 Å². The molecule has 0 spiro atoms. The van der Waals surface area contributed by atoms with Gasteiger partial charge in [-0.3, -0.25) is 4.68 Å². The largest absolute Gasteiger partial charge is 0.487 e. The van der Waals surface area contributed by atoms with Gasteiger partial charge < -0.3 is 4.74 Å². The molecule has 3 rings (SSSR count). The summed E-state index contributed by atoms with van der Waals surface area (Å²) >= 11 is 7.99. The quantitative estimate of drug-likeness (QED) is 0.568. The van der Waals surface area contributed by atoms with Crippen molar-refractivity contribution < 1.29 is 17.9 Å². The van der Waals surface area contributed by atoms with Crippen molar-refractivity contribution in [3.8, 4) is 5.75 Å². The number of thiophene rings is 1. The van der Waals surface area contributed by atoms with Crippen LogP contribution < -0.4 is 4.74 Å². The second kappa shape index (κ2) is 6.53. The zero-order chi connectivity index (χ0) is 18.4. The Balaban J connectivity index is 1.89. The van der Waals surface area contributed by atoms with Crippen molar-refractivity contribution in [2.75, 3.05) is 0 Å². The molecule has 0 aliphatic rings. The highest BCUT2D eigenvalue weighted by Gasteiger charge is 2.34. The summed E-state index contributed by atoms with van der Waals surface area (Å²) in [7, 11) is 1.46. The van der Waals surface area contributed by atoms with E-state index in [9.17, 15) is 13.2 Å². The van der Waals surface area contributed by atoms with Gasteiger partial charge in [0.2, 0.25) is 0 Å². The minimum Gasteiger partial charge on any atom is -0.487 e. The number of hydrogen-bond acceptors (Lipinski definition) is 3. The minimum atomic E-state index is -4.47. The van der Waals surface area contributed by atoms with E-state index in [0.29, 0.717) is 16.5 Å². The summed E-state index contributed by atoms with van der Waals surface area (Å²) in [6, 6.07) is 2.72. The first-order valence-electron chi connectivity index (χ1n) is 7.64. The van der Waals surface area contributed by atoms with Gasteiger partial charge in [-0.25, -0.2) is 0 Å². The Hall–Kier alpha value is -1.73. The van der Waals surface area contributed by atoms with E-state index >= 15 is 0 Å². The Bertz CT molecular complexity index is 930. The number of benzene rings is 1. The third-order valence-corrected chi connectivity index (χ3v) is 5.54. The van der Waals surface area contributed by atoms with Crippen molar-refractivity contribution in [1.29, 1.82) is 0 Å². The van der Waals surface area contributed by atoms with Gasteiger partial charge in [-0.2, -0.15) is 18.3 Å². The SMILES string of the molecule is CCc1csc2c(C)c(OCc3cc(C(F)(F)F)nn3C)cc(Cl)c12. The number of aromatic nitrogens is 2. The van der Waals surface area contributed by atoms with E-state index in [-0.39, 0.29) is 6.61 Å². The third kappa shape index (κ3) is 3.35. The fourth-order valence-corrected chi connectivity index (χ4v) is 4.23. The van der Waals surface area contributed by atoms with Crippen molar-refractivity contribution in [2.45, 2.75) is 33.1 Å². The molecule has 1 aromatic carbocycles. The summed E-state index contributed by atoms with van der Waals surface area (Å²) < 4.78 is 46.2. The highest BCUT2D eigenvalue weighted by Crippen LogP contribution is 2.40. The van der Waals surface area contributed by atoms with E-state index in [2.05, 4.69) is 17.4 Å². The molecule has 2 aromatic heterocycles. The number of ether oxygens (including phenoxy) is 1. The van der Waals surface area contributed by atoms with Crippen molar-refractivity contribution in [2.24, 2.45) is 7.05 Å². The van der Waals surface area contributed by atoms with Crippen molar-refractivity contribution in [3.63, 3.8) is 0 Å². The molecule has 0 radical (unpaired) electrons. The van der Waals surface area contributed by atoms with Gasteiger partial charge in [0.1, 0.15) is 12.4 Å². The normalized spacial score (nSPS) is 12.1. The molecule has 0 unspecified atom stereocenters. The zero-order valence-corrected chi connectivity index (χ0v) is 15.4. The van der Waals surface area contributed by atoms with Crippen LogP contribution in [0.25, 0.3) is 10.1 Å². The van der Waals surface area contributed by atoms with Crippen LogP contribution in [0.5, 0.6) is 5.75 Å². The fourth-order valence-electron chi connectivity index (χ4n) is 2.68. The number of rotatable bonds is 4. The molecular formula is C17H16ClF3N2OS. The summed E-state index contributed by atoms with van der Waals surface area (Å²) in [5.41, 5.74) is 1.52. The Morgan fingerprint density at radius 2 is 2.04 bits per heavy atom. The molecule has 0 aliphatic heterocycles. The zero-order valence-electron chi connectivity index (χ0n) is 13.9. The topological polar surface area (TPSA) is 27.1 Å². The maximum atomic E-state index is 12.7. The van der Waals surface area contributed by atoms with E-state index in [1.807, 2.05) is 6.92 Å². The van der Waals surface area contributed by atoms with Gasteiger partial charge in [-0.05, 0) is 36.4 Å². The highest BCUT2D eigenvalue weighted by molar-refractivity contribution is 7.17. The Labute approximate surface area is 152 Å². The number of nitrogens with zero attached hydrogens (tertiary/aromatic N) is 2. The Morgan fingerprint density at radius 1 is 1.32 bits per heavy atom. The first-order valence-corrected chi connectivity index (χ1v) is 8.90. The smallest absolute Gasteiger partial charge is 0.435 e. The highest BCUT2D eigenvalue weighted by atomic mass is 35.5. The molecule has 0 bridgehead atoms. The van der Waals surface area contributed by atoms with Crippen LogP contribution in [0.1, 0.15) is 29.4 Å². The lowest BCUT2D eigenvalue weighted by Crippen LogP contribution is -2.06. The van der Waals surface area contributed by atoms with Crippen molar-refractivity contribution in [1.82, 2.24) is 9.78 Å². The molecule has 0 saturated heterocycles. The van der Waals surface area contributed by atoms with E-state index in [4.69, 9.17) is 16.3 Å². The maximum absolute atomic E-state index is 12.7. The average Bonchev–Trinajstić information content (AvgIpc) is 3.13. The third-order valence-electron chi connectivity index (χ3n) is 4.10. The molecule has 8 heteroatoms. The van der Waals surface area contributed by atoms with Crippen LogP contribution >= 0.6 is 22.9 Å². The summed E-state index contributed by atoms with van der Waals surface area (Å²) in [6.07, 6.45) is -3.59. The second-order valence-corrected chi connectivity index (χ2v) is 7.02. The van der Waals surface area contributed by atoms with Gasteiger partial charge in [-0.1, -0.05) is 18.5 Å². The summed E-state index contributed by atoms with van der Waals surface area (Å²) in [5, 5.41) is 7.18. The van der Waals surface area contributed by atoms with Crippen LogP contribution in [0, 0.1) is 6.92 Å². The first kappa shape index (κ1) is 18.1. The lowest BCUT2D eigenvalue weighted by molar-refractivity contribution is -0.141. The standard InChI is InChI=1S/C17H16ClF3N2OS/c1-4-10-8-25-16-9(2)13(6-12(18)15(10)16)24-7-11-5-14(17(19,20)21)22-23(11)3/h5-6,8H,4,7H2,1-3H3. The van der Waals surface area contributed by atoms with Crippen molar-refractivity contribution >= 4 is 33.0 Å². The van der Waals surface area contributed by atoms with Crippen LogP contribution in [-0.4, -0.2) is 9.78 Å². The molecular weight excluding hydrogens is 373 g/mol. The van der Waals surface area contributed by atoms with Crippen LogP contribution in [0.3, 0.4) is 0 Å². The molecule has 25 heavy (non-hydrogen) atoms. The Kier molecular flexibility index (Phi) is 4.72. The molecule has 134 valence electrons. The van der Waals surface area contributed by atoms with Gasteiger partial charge in [-0.15, -0.1) is 11.3 Å². The van der Waals surface area contributed by atoms with Gasteiger partial charge in [0, 0.05) is 22.7 Å². The maximum Gasteiger partial charge on any atom is 0.435 e. The van der Waals surface area contributed by atoms with Crippen LogP contribution in [-0.2, 0) is 26.3 Å². The Morgan fingerprint density at radius 3 is 2.64 bits per heavy atom. The van der Waals surface area contributed by atoms with Gasteiger partial charge in [0.25, 0.3) is 0 Å². The first-order chi connectivity index (χ1) is 11.7. The molecule has 0 fully saturated rings. The summed E-state index contributed by atoms with van der Waals surface area (Å²) in [4.78, 5) is 0. The van der Waals surface area contributed by atoms with E-state index in [1.54, 1.807) is 17.4 Å². The summed E-state index contributed by atoms with van der Waals surface area (Å²) in [5.74, 6) is 0.566. The number of fused-ring (bicyclic) bond motifs is 1. The number of alkyl halides is 3. The van der Waals surface area contributed by atoms with Crippen molar-refractivity contribution in [3.05, 3.63) is 45.1 Å². The lowest BCUT2D eigenvalue weighted by atomic mass is 10.1. The predicted octanol–water partition coefficient (Wildman–Crippen LogP) is 5.76. The van der Waals surface area contributed by atoms with E-state index in [0.717, 1.165) is 28.1 Å². The van der Waals surface area contributed by atoms with E-state index < -0.39 is 11.9 Å². The monoisotopic (exact) mass is 388 g/mol. The minimum absolute atomic E-state index is 0.0196. The van der Waals surface area contributed by atoms with Gasteiger partial charge >= 0.3 is 6.18 Å². The molecule has 0 saturated carbocycles. The fraction of sp³-hybridized carbons (Fsp3) is 0.353. The van der Waals surface area contributed by atoms with E-state index in [1.165, 1.54) is 17.3 Å². The number of halogens is 4. The number of hydrogen-bond donors (Lipinski definition) is 0. The molecule has 3 nitrogen and oxygen atoms in total. The molecule has 2 heterocycles. The molecule has 0 aliphatic carbocycles. The average molecular weight is 389 g/mol.